The number of nitrogens with zero attached hydrogens (tertiary/aromatic N) is 1. The third-order valence-corrected chi connectivity index (χ3v) is 2.17. The zero-order valence-corrected chi connectivity index (χ0v) is 8.90. The molecule has 4 heteroatoms. The Kier molecular flexibility index (Phi) is 4.60. The number of nitrogens with one attached hydrogen (secondary N) is 1. The largest absolute Gasteiger partial charge is 0.354 e. The summed E-state index contributed by atoms with van der Waals surface area (Å²) in [6.45, 7) is 3.53. The van der Waals surface area contributed by atoms with Crippen molar-refractivity contribution in [2.24, 2.45) is 0 Å². The number of amides is 2. The maximum Gasteiger partial charge on any atom is 0.246 e. The number of rotatable bonds is 2. The van der Waals surface area contributed by atoms with Crippen molar-refractivity contribution in [3.63, 3.8) is 0 Å². The molecule has 1 N–H and O–H groups in total. The monoisotopic (exact) mass is 208 g/mol. The first-order chi connectivity index (χ1) is 7.24. The Balaban J connectivity index is 2.48. The summed E-state index contributed by atoms with van der Waals surface area (Å²) in [5.74, 6) is -0.0210. The van der Waals surface area contributed by atoms with E-state index in [4.69, 9.17) is 0 Å². The average molecular weight is 208 g/mol. The summed E-state index contributed by atoms with van der Waals surface area (Å²) in [5, 5.41) is 2.73. The summed E-state index contributed by atoms with van der Waals surface area (Å²) in [6.07, 6.45) is 7.29. The number of carbonyl (C=O) groups excluding carboxylic acids is 2. The molecule has 0 aromatic heterocycles. The van der Waals surface area contributed by atoms with Crippen molar-refractivity contribution in [2.45, 2.75) is 13.3 Å². The van der Waals surface area contributed by atoms with Gasteiger partial charge in [0.2, 0.25) is 11.8 Å². The lowest BCUT2D eigenvalue weighted by Gasteiger charge is -2.16. The Morgan fingerprint density at radius 3 is 2.93 bits per heavy atom. The smallest absolute Gasteiger partial charge is 0.246 e. The van der Waals surface area contributed by atoms with E-state index in [1.807, 2.05) is 13.0 Å². The fourth-order valence-corrected chi connectivity index (χ4v) is 1.34. The van der Waals surface area contributed by atoms with Gasteiger partial charge in [0.1, 0.15) is 0 Å². The van der Waals surface area contributed by atoms with Crippen LogP contribution in [-0.2, 0) is 9.59 Å². The van der Waals surface area contributed by atoms with Crippen LogP contribution < -0.4 is 5.32 Å². The van der Waals surface area contributed by atoms with Crippen molar-refractivity contribution in [1.82, 2.24) is 10.2 Å². The third-order valence-electron chi connectivity index (χ3n) is 2.17. The summed E-state index contributed by atoms with van der Waals surface area (Å²) in [4.78, 5) is 24.3. The molecule has 1 aliphatic heterocycles. The van der Waals surface area contributed by atoms with E-state index < -0.39 is 0 Å². The average Bonchev–Trinajstić information content (AvgIpc) is 2.43. The molecule has 0 unspecified atom stereocenters. The highest BCUT2D eigenvalue weighted by Crippen LogP contribution is 1.98. The first kappa shape index (κ1) is 11.5. The maximum atomic E-state index is 11.6. The zero-order chi connectivity index (χ0) is 11.1. The lowest BCUT2D eigenvalue weighted by atomic mass is 10.3. The van der Waals surface area contributed by atoms with Gasteiger partial charge in [-0.3, -0.25) is 9.59 Å². The summed E-state index contributed by atoms with van der Waals surface area (Å²) in [5.41, 5.74) is 0. The molecule has 0 atom stereocenters. The minimum absolute atomic E-state index is 0.0164. The van der Waals surface area contributed by atoms with Gasteiger partial charge >= 0.3 is 0 Å². The van der Waals surface area contributed by atoms with Crippen molar-refractivity contribution >= 4 is 11.8 Å². The Bertz CT molecular complexity index is 295. The molecule has 82 valence electrons. The van der Waals surface area contributed by atoms with Gasteiger partial charge in [0.15, 0.2) is 0 Å². The number of allylic oxidation sites excluding steroid dienone is 3. The lowest BCUT2D eigenvalue weighted by molar-refractivity contribution is -0.126. The molecule has 1 rings (SSSR count). The van der Waals surface area contributed by atoms with E-state index in [1.54, 1.807) is 17.1 Å². The molecular weight excluding hydrogens is 192 g/mol. The van der Waals surface area contributed by atoms with E-state index in [0.29, 0.717) is 26.1 Å². The molecule has 0 radical (unpaired) electrons. The first-order valence-corrected chi connectivity index (χ1v) is 5.09. The summed E-state index contributed by atoms with van der Waals surface area (Å²) >= 11 is 0. The standard InChI is InChI=1S/C11H16N2O2/c1-2-3-4-5-11(15)13-8-6-10(14)12-7-9-13/h2-5H,6-9H2,1H3,(H,12,14). The topological polar surface area (TPSA) is 49.4 Å². The second-order valence-electron chi connectivity index (χ2n) is 3.31. The minimum Gasteiger partial charge on any atom is -0.354 e. The number of hydrogen-bond acceptors (Lipinski definition) is 2. The van der Waals surface area contributed by atoms with Crippen LogP contribution in [0.15, 0.2) is 24.3 Å². The highest BCUT2D eigenvalue weighted by molar-refractivity contribution is 5.88. The van der Waals surface area contributed by atoms with Crippen LogP contribution >= 0.6 is 0 Å². The molecule has 0 aliphatic carbocycles. The molecule has 2 amide bonds. The maximum absolute atomic E-state index is 11.6. The Hall–Kier alpha value is -1.58. The normalized spacial score (nSPS) is 18.2. The van der Waals surface area contributed by atoms with Crippen LogP contribution in [0.3, 0.4) is 0 Å². The predicted molar refractivity (Wildman–Crippen MR) is 58.2 cm³/mol. The van der Waals surface area contributed by atoms with Gasteiger partial charge < -0.3 is 10.2 Å². The second-order valence-corrected chi connectivity index (χ2v) is 3.31. The van der Waals surface area contributed by atoms with Gasteiger partial charge in [-0.25, -0.2) is 0 Å². The zero-order valence-electron chi connectivity index (χ0n) is 8.90. The van der Waals surface area contributed by atoms with Crippen molar-refractivity contribution in [3.8, 4) is 0 Å². The highest BCUT2D eigenvalue weighted by Gasteiger charge is 2.15. The molecule has 1 heterocycles. The van der Waals surface area contributed by atoms with Crippen LogP contribution in [0.1, 0.15) is 13.3 Å². The molecule has 0 aromatic rings. The molecular formula is C11H16N2O2. The summed E-state index contributed by atoms with van der Waals surface area (Å²) < 4.78 is 0. The van der Waals surface area contributed by atoms with Gasteiger partial charge in [0.25, 0.3) is 0 Å². The molecule has 0 bridgehead atoms. The van der Waals surface area contributed by atoms with Crippen LogP contribution in [0.2, 0.25) is 0 Å². The molecule has 0 aromatic carbocycles. The van der Waals surface area contributed by atoms with Gasteiger partial charge in [0, 0.05) is 32.1 Å². The first-order valence-electron chi connectivity index (χ1n) is 5.09. The molecule has 0 spiro atoms. The van der Waals surface area contributed by atoms with Crippen LogP contribution in [-0.4, -0.2) is 36.3 Å². The van der Waals surface area contributed by atoms with Crippen molar-refractivity contribution in [2.75, 3.05) is 19.6 Å². The highest BCUT2D eigenvalue weighted by atomic mass is 16.2. The summed E-state index contributed by atoms with van der Waals surface area (Å²) in [7, 11) is 0. The predicted octanol–water partition coefficient (Wildman–Crippen LogP) is 0.467. The SMILES string of the molecule is CC=CC=CC(=O)N1CCNC(=O)CC1. The third kappa shape index (κ3) is 3.97. The van der Waals surface area contributed by atoms with E-state index >= 15 is 0 Å². The van der Waals surface area contributed by atoms with Gasteiger partial charge in [-0.1, -0.05) is 18.2 Å². The summed E-state index contributed by atoms with van der Waals surface area (Å²) in [6, 6.07) is 0. The van der Waals surface area contributed by atoms with E-state index in [2.05, 4.69) is 5.32 Å². The van der Waals surface area contributed by atoms with Gasteiger partial charge in [-0.2, -0.15) is 0 Å². The fraction of sp³-hybridized carbons (Fsp3) is 0.455. The number of carbonyl (C=O) groups is 2. The Morgan fingerprint density at radius 2 is 2.20 bits per heavy atom. The minimum atomic E-state index is -0.0374. The van der Waals surface area contributed by atoms with E-state index in [1.165, 1.54) is 6.08 Å². The van der Waals surface area contributed by atoms with E-state index in [9.17, 15) is 9.59 Å². The number of hydrogen-bond donors (Lipinski definition) is 1. The quantitative estimate of drug-likeness (QED) is 0.529. The molecule has 4 nitrogen and oxygen atoms in total. The molecule has 1 saturated heterocycles. The molecule has 1 fully saturated rings. The Morgan fingerprint density at radius 1 is 1.40 bits per heavy atom. The van der Waals surface area contributed by atoms with Crippen molar-refractivity contribution in [3.05, 3.63) is 24.3 Å². The fourth-order valence-electron chi connectivity index (χ4n) is 1.34. The van der Waals surface area contributed by atoms with E-state index in [0.717, 1.165) is 0 Å². The van der Waals surface area contributed by atoms with Crippen LogP contribution in [0.5, 0.6) is 0 Å². The van der Waals surface area contributed by atoms with Crippen molar-refractivity contribution in [1.29, 1.82) is 0 Å². The van der Waals surface area contributed by atoms with Crippen LogP contribution in [0.4, 0.5) is 0 Å². The van der Waals surface area contributed by atoms with Gasteiger partial charge in [-0.15, -0.1) is 0 Å². The van der Waals surface area contributed by atoms with Crippen molar-refractivity contribution < 1.29 is 9.59 Å². The lowest BCUT2D eigenvalue weighted by Crippen LogP contribution is -2.32. The Labute approximate surface area is 89.6 Å². The second kappa shape index (κ2) is 6.01. The molecule has 15 heavy (non-hydrogen) atoms. The van der Waals surface area contributed by atoms with Gasteiger partial charge in [0.05, 0.1) is 0 Å². The van der Waals surface area contributed by atoms with Crippen LogP contribution in [0.25, 0.3) is 0 Å². The molecule has 0 saturated carbocycles. The molecule has 1 aliphatic rings. The van der Waals surface area contributed by atoms with E-state index in [-0.39, 0.29) is 11.8 Å². The van der Waals surface area contributed by atoms with Crippen LogP contribution in [0, 0.1) is 0 Å². The van der Waals surface area contributed by atoms with Gasteiger partial charge in [-0.05, 0) is 6.92 Å².